The molecule has 0 aliphatic heterocycles. The molecule has 0 atom stereocenters. The molecular weight excluding hydrogens is 400 g/mol. The molecule has 0 amide bonds. The Kier molecular flexibility index (Phi) is 21.5. The zero-order chi connectivity index (χ0) is 13.5. The molecule has 0 aromatic carbocycles. The molecule has 12 nitrogen and oxygen atoms in total. The Morgan fingerprint density at radius 1 is 0.471 bits per heavy atom. The zero-order valence-electron chi connectivity index (χ0n) is 6.93. The molecule has 0 fully saturated rings. The van der Waals surface area contributed by atoms with Crippen LogP contribution in [-0.4, -0.2) is 52.6 Å². The van der Waals surface area contributed by atoms with Crippen molar-refractivity contribution in [2.24, 2.45) is 0 Å². The summed E-state index contributed by atoms with van der Waals surface area (Å²) in [6, 6.07) is 0. The Bertz CT molecular complexity index is 343. The van der Waals surface area contributed by atoms with E-state index in [1.807, 2.05) is 0 Å². The smallest absolute Gasteiger partial charge is 0.759 e. The van der Waals surface area contributed by atoms with Gasteiger partial charge in [-0.3, -0.25) is 25.3 Å². The third-order valence-corrected chi connectivity index (χ3v) is 0. The van der Waals surface area contributed by atoms with Gasteiger partial charge in [-0.15, -0.1) is 0 Å². The van der Waals surface area contributed by atoms with E-state index in [2.05, 4.69) is 0 Å². The van der Waals surface area contributed by atoms with Gasteiger partial charge in [0.2, 0.25) is 0 Å². The Balaban J connectivity index is -0.0000000400. The average Bonchev–Trinajstić information content (AvgIpc) is 1.41. The number of rotatable bonds is 0. The Morgan fingerprint density at radius 2 is 0.471 bits per heavy atom. The predicted molar refractivity (Wildman–Crippen MR) is 31.4 cm³/mol. The first kappa shape index (κ1) is 30.7. The maximum Gasteiger partial charge on any atom is 4.00 e. The third kappa shape index (κ3) is 5210. The summed E-state index contributed by atoms with van der Waals surface area (Å²) < 4.78 is 102. The molecule has 17 heteroatoms. The van der Waals surface area contributed by atoms with Crippen molar-refractivity contribution in [1.29, 1.82) is 0 Å². The van der Waals surface area contributed by atoms with E-state index in [-0.39, 0.29) is 38.8 Å². The second-order valence-corrected chi connectivity index (χ2v) is 3.67. The summed E-state index contributed by atoms with van der Waals surface area (Å²) in [4.78, 5) is 0. The molecule has 0 aromatic heterocycles. The Morgan fingerprint density at radius 3 is 0.471 bits per heavy atom. The molecule has 0 saturated heterocycles. The number of hydrogen-bond acceptors (Lipinski definition) is 12. The maximum absolute atomic E-state index is 8.52. The first-order chi connectivity index (χ1) is 6.00. The van der Waals surface area contributed by atoms with Gasteiger partial charge in [-0.2, -0.15) is 0 Å². The van der Waals surface area contributed by atoms with Gasteiger partial charge in [0.05, 0.1) is 0 Å². The molecule has 0 aliphatic rings. The zero-order valence-corrected chi connectivity index (χ0v) is 11.9. The maximum atomic E-state index is 8.52. The summed E-state index contributed by atoms with van der Waals surface area (Å²) >= 11 is 0. The van der Waals surface area contributed by atoms with E-state index >= 15 is 0 Å². The van der Waals surface area contributed by atoms with Gasteiger partial charge in [0.25, 0.3) is 0 Å². The van der Waals surface area contributed by atoms with Gasteiger partial charge in [0.1, 0.15) is 0 Å². The summed E-state index contributed by atoms with van der Waals surface area (Å²) in [7, 11) is -15.5. The SMILES string of the molecule is O=S(=O)([O-])[O-].O=S(=O)([O-])[O-].O=S(=O)([O-])[O-].[Cu+2].[Ti+4]. The molecule has 0 heterocycles. The van der Waals surface area contributed by atoms with E-state index in [0.29, 0.717) is 0 Å². The van der Waals surface area contributed by atoms with E-state index in [4.69, 9.17) is 52.6 Å². The van der Waals surface area contributed by atoms with E-state index < -0.39 is 31.2 Å². The summed E-state index contributed by atoms with van der Waals surface area (Å²) in [5.41, 5.74) is 0. The van der Waals surface area contributed by atoms with E-state index in [1.165, 1.54) is 0 Å². The molecule has 0 aromatic rings. The van der Waals surface area contributed by atoms with Crippen LogP contribution in [0.5, 0.6) is 0 Å². The first-order valence-electron chi connectivity index (χ1n) is 2.00. The van der Waals surface area contributed by atoms with Crippen LogP contribution in [0, 0.1) is 0 Å². The number of hydrogen-bond donors (Lipinski definition) is 0. The fourth-order valence-electron chi connectivity index (χ4n) is 0. The van der Waals surface area contributed by atoms with Crippen molar-refractivity contribution < 1.29 is 91.4 Å². The predicted octanol–water partition coefficient (Wildman–Crippen LogP) is -4.02. The van der Waals surface area contributed by atoms with Gasteiger partial charge in [-0.1, -0.05) is 0 Å². The molecule has 0 bridgehead atoms. The molecule has 105 valence electrons. The molecule has 1 radical (unpaired) electrons. The van der Waals surface area contributed by atoms with Crippen molar-refractivity contribution in [3.63, 3.8) is 0 Å². The van der Waals surface area contributed by atoms with Crippen LogP contribution in [0.15, 0.2) is 0 Å². The van der Waals surface area contributed by atoms with Gasteiger partial charge in [0.15, 0.2) is 0 Å². The van der Waals surface area contributed by atoms with Gasteiger partial charge >= 0.3 is 38.8 Å². The third-order valence-electron chi connectivity index (χ3n) is 0. The summed E-state index contributed by atoms with van der Waals surface area (Å²) in [6.45, 7) is 0. The molecule has 0 rings (SSSR count). The average molecular weight is 400 g/mol. The van der Waals surface area contributed by atoms with E-state index in [9.17, 15) is 0 Å². The monoisotopic (exact) mass is 399 g/mol. The minimum atomic E-state index is -5.17. The van der Waals surface area contributed by atoms with Crippen LogP contribution in [0.25, 0.3) is 0 Å². The van der Waals surface area contributed by atoms with Crippen LogP contribution < -0.4 is 0 Å². The van der Waals surface area contributed by atoms with E-state index in [0.717, 1.165) is 0 Å². The van der Waals surface area contributed by atoms with Crippen molar-refractivity contribution in [2.45, 2.75) is 0 Å². The van der Waals surface area contributed by atoms with E-state index in [1.54, 1.807) is 0 Å². The topological polar surface area (TPSA) is 241 Å². The minimum absolute atomic E-state index is 0. The molecule has 0 saturated carbocycles. The molecule has 17 heavy (non-hydrogen) atoms. The van der Waals surface area contributed by atoms with Crippen LogP contribution in [-0.2, 0) is 70.0 Å². The second-order valence-electron chi connectivity index (χ2n) is 1.22. The van der Waals surface area contributed by atoms with Crippen LogP contribution in [0.1, 0.15) is 0 Å². The first-order valence-corrected chi connectivity index (χ1v) is 6.00. The van der Waals surface area contributed by atoms with Crippen LogP contribution >= 0.6 is 0 Å². The fourth-order valence-corrected chi connectivity index (χ4v) is 0. The van der Waals surface area contributed by atoms with Crippen molar-refractivity contribution in [2.75, 3.05) is 0 Å². The van der Waals surface area contributed by atoms with Gasteiger partial charge < -0.3 is 27.3 Å². The van der Waals surface area contributed by atoms with Crippen LogP contribution in [0.3, 0.4) is 0 Å². The minimum Gasteiger partial charge on any atom is -0.759 e. The van der Waals surface area contributed by atoms with Gasteiger partial charge in [-0.25, -0.2) is 0 Å². The van der Waals surface area contributed by atoms with Crippen molar-refractivity contribution in [1.82, 2.24) is 0 Å². The standard InChI is InChI=1S/Cu.3H2O4S.Ti/c;3*1-5(2,3)4;/h;3*(H2,1,2,3,4);/q+2;;;;+4/p-6. The molecule has 0 spiro atoms. The summed E-state index contributed by atoms with van der Waals surface area (Å²) in [5.74, 6) is 0. The normalized spacial score (nSPS) is 10.2. The van der Waals surface area contributed by atoms with Crippen molar-refractivity contribution in [3.05, 3.63) is 0 Å². The van der Waals surface area contributed by atoms with Crippen LogP contribution in [0.2, 0.25) is 0 Å². The fraction of sp³-hybridized carbons (Fsp3) is 0. The molecule has 0 aliphatic carbocycles. The van der Waals surface area contributed by atoms with Crippen molar-refractivity contribution in [3.8, 4) is 0 Å². The second kappa shape index (κ2) is 11.9. The Labute approximate surface area is 122 Å². The van der Waals surface area contributed by atoms with Gasteiger partial charge in [-0.05, 0) is 0 Å². The van der Waals surface area contributed by atoms with Crippen molar-refractivity contribution >= 4 is 31.2 Å². The largest absolute Gasteiger partial charge is 4.00 e. The van der Waals surface area contributed by atoms with Gasteiger partial charge in [0, 0.05) is 31.2 Å². The Hall–Kier alpha value is 0.844. The molecule has 0 unspecified atom stereocenters. The summed E-state index contributed by atoms with van der Waals surface area (Å²) in [6.07, 6.45) is 0. The molecular formula is CuO12S3Ti. The summed E-state index contributed by atoms with van der Waals surface area (Å²) in [5, 5.41) is 0. The molecule has 0 N–H and O–H groups in total. The van der Waals surface area contributed by atoms with Crippen LogP contribution in [0.4, 0.5) is 0 Å². The quantitative estimate of drug-likeness (QED) is 0.215.